The number of anilines is 1. The number of alkyl halides is 2. The number of carbonyl (C=O) groups is 1. The lowest BCUT2D eigenvalue weighted by molar-refractivity contribution is 0.0998. The van der Waals surface area contributed by atoms with Crippen molar-refractivity contribution in [3.05, 3.63) is 59.4 Å². The highest BCUT2D eigenvalue weighted by molar-refractivity contribution is 7.91. The molecule has 0 atom stereocenters. The molecule has 0 bridgehead atoms. The lowest BCUT2D eigenvalue weighted by Gasteiger charge is -2.07. The Morgan fingerprint density at radius 3 is 2.59 bits per heavy atom. The molecular weight excluding hydrogens is 376 g/mol. The van der Waals surface area contributed by atoms with Crippen molar-refractivity contribution in [3.8, 4) is 0 Å². The fourth-order valence-electron chi connectivity index (χ4n) is 2.75. The molecule has 1 heterocycles. The van der Waals surface area contributed by atoms with E-state index >= 15 is 0 Å². The first-order chi connectivity index (χ1) is 12.7. The number of fused-ring (bicyclic) bond motifs is 1. The zero-order valence-corrected chi connectivity index (χ0v) is 15.4. The molecule has 0 aliphatic carbocycles. The van der Waals surface area contributed by atoms with E-state index in [0.717, 1.165) is 29.5 Å². The quantitative estimate of drug-likeness (QED) is 0.690. The third-order valence-corrected chi connectivity index (χ3v) is 5.65. The molecule has 1 aromatic heterocycles. The van der Waals surface area contributed by atoms with E-state index in [2.05, 4.69) is 5.32 Å². The van der Waals surface area contributed by atoms with E-state index in [1.807, 2.05) is 19.1 Å². The van der Waals surface area contributed by atoms with Crippen molar-refractivity contribution in [2.24, 2.45) is 0 Å². The smallest absolute Gasteiger partial charge is 0.341 e. The van der Waals surface area contributed by atoms with Gasteiger partial charge in [-0.1, -0.05) is 19.1 Å². The molecular formula is C19H17F2NO4S. The molecule has 142 valence electrons. The Hall–Kier alpha value is -2.74. The molecule has 3 rings (SSSR count). The van der Waals surface area contributed by atoms with Gasteiger partial charge in [0.05, 0.1) is 4.90 Å². The van der Waals surface area contributed by atoms with Gasteiger partial charge in [0.1, 0.15) is 5.58 Å². The first-order valence-electron chi connectivity index (χ1n) is 8.19. The van der Waals surface area contributed by atoms with Gasteiger partial charge in [0.2, 0.25) is 9.84 Å². The Labute approximate surface area is 154 Å². The summed E-state index contributed by atoms with van der Waals surface area (Å²) in [6, 6.07) is 10.4. The highest BCUT2D eigenvalue weighted by Crippen LogP contribution is 2.28. The molecule has 0 saturated carbocycles. The molecule has 0 aliphatic heterocycles. The molecule has 3 aromatic rings. The van der Waals surface area contributed by atoms with Crippen LogP contribution in [0.2, 0.25) is 0 Å². The summed E-state index contributed by atoms with van der Waals surface area (Å²) in [5.41, 5.74) is 2.39. The predicted octanol–water partition coefficient (Wildman–Crippen LogP) is 4.55. The maximum absolute atomic E-state index is 12.7. The van der Waals surface area contributed by atoms with Crippen molar-refractivity contribution in [3.63, 3.8) is 0 Å². The second-order valence-electron chi connectivity index (χ2n) is 6.03. The number of furan rings is 1. The van der Waals surface area contributed by atoms with Gasteiger partial charge in [-0.15, -0.1) is 0 Å². The van der Waals surface area contributed by atoms with Crippen LogP contribution in [0.4, 0.5) is 14.5 Å². The molecule has 0 radical (unpaired) electrons. The van der Waals surface area contributed by atoms with E-state index in [1.165, 1.54) is 12.1 Å². The Morgan fingerprint density at radius 1 is 1.19 bits per heavy atom. The van der Waals surface area contributed by atoms with Crippen molar-refractivity contribution >= 4 is 32.4 Å². The number of sulfone groups is 1. The molecule has 8 heteroatoms. The van der Waals surface area contributed by atoms with Crippen molar-refractivity contribution in [1.29, 1.82) is 0 Å². The van der Waals surface area contributed by atoms with Crippen LogP contribution in [0.1, 0.15) is 28.6 Å². The van der Waals surface area contributed by atoms with Crippen LogP contribution in [0.5, 0.6) is 0 Å². The van der Waals surface area contributed by atoms with E-state index in [-0.39, 0.29) is 11.4 Å². The topological polar surface area (TPSA) is 76.4 Å². The minimum Gasteiger partial charge on any atom is -0.451 e. The summed E-state index contributed by atoms with van der Waals surface area (Å²) in [4.78, 5) is 12.0. The lowest BCUT2D eigenvalue weighted by atomic mass is 10.1. The number of benzene rings is 2. The van der Waals surface area contributed by atoms with Gasteiger partial charge in [0, 0.05) is 16.6 Å². The van der Waals surface area contributed by atoms with Crippen molar-refractivity contribution in [2.45, 2.75) is 30.9 Å². The van der Waals surface area contributed by atoms with Crippen molar-refractivity contribution < 1.29 is 26.4 Å². The number of rotatable bonds is 5. The summed E-state index contributed by atoms with van der Waals surface area (Å²) in [7, 11) is -4.74. The highest BCUT2D eigenvalue weighted by Gasteiger charge is 2.27. The SMILES string of the molecule is CCc1ccc2oc(C(=O)Nc3cccc(S(=O)(=O)C(F)F)c3)c(C)c2c1. The van der Waals surface area contributed by atoms with Crippen LogP contribution in [-0.4, -0.2) is 20.1 Å². The Morgan fingerprint density at radius 2 is 1.93 bits per heavy atom. The van der Waals surface area contributed by atoms with Crippen LogP contribution in [0.3, 0.4) is 0 Å². The lowest BCUT2D eigenvalue weighted by Crippen LogP contribution is -2.14. The van der Waals surface area contributed by atoms with Gasteiger partial charge in [0.25, 0.3) is 5.91 Å². The predicted molar refractivity (Wildman–Crippen MR) is 97.9 cm³/mol. The van der Waals surface area contributed by atoms with Gasteiger partial charge in [-0.05, 0) is 49.2 Å². The van der Waals surface area contributed by atoms with Gasteiger partial charge < -0.3 is 9.73 Å². The number of aryl methyl sites for hydroxylation is 2. The van der Waals surface area contributed by atoms with Crippen molar-refractivity contribution in [1.82, 2.24) is 0 Å². The summed E-state index contributed by atoms with van der Waals surface area (Å²) >= 11 is 0. The molecule has 0 unspecified atom stereocenters. The summed E-state index contributed by atoms with van der Waals surface area (Å²) < 4.78 is 54.2. The first kappa shape index (κ1) is 19.0. The average molecular weight is 393 g/mol. The van der Waals surface area contributed by atoms with Gasteiger partial charge >= 0.3 is 5.76 Å². The standard InChI is InChI=1S/C19H17F2NO4S/c1-3-12-7-8-16-15(9-12)11(2)17(26-16)18(23)22-13-5-4-6-14(10-13)27(24,25)19(20)21/h4-10,19H,3H2,1-2H3,(H,22,23). The van der Waals surface area contributed by atoms with Crippen LogP contribution in [0, 0.1) is 6.92 Å². The largest absolute Gasteiger partial charge is 0.451 e. The Balaban J connectivity index is 1.92. The fraction of sp³-hybridized carbons (Fsp3) is 0.211. The molecule has 0 saturated heterocycles. The maximum atomic E-state index is 12.7. The van der Waals surface area contributed by atoms with E-state index < -0.39 is 26.4 Å². The monoisotopic (exact) mass is 393 g/mol. The highest BCUT2D eigenvalue weighted by atomic mass is 32.2. The second-order valence-corrected chi connectivity index (χ2v) is 7.95. The number of halogens is 2. The second kappa shape index (κ2) is 7.11. The number of hydrogen-bond acceptors (Lipinski definition) is 4. The molecule has 1 amide bonds. The number of nitrogens with one attached hydrogen (secondary N) is 1. The van der Waals surface area contributed by atoms with E-state index in [9.17, 15) is 22.0 Å². The zero-order chi connectivity index (χ0) is 19.8. The van der Waals surface area contributed by atoms with Gasteiger partial charge in [-0.25, -0.2) is 8.42 Å². The zero-order valence-electron chi connectivity index (χ0n) is 14.6. The van der Waals surface area contributed by atoms with Crippen molar-refractivity contribution in [2.75, 3.05) is 5.32 Å². The number of carbonyl (C=O) groups excluding carboxylic acids is 1. The third-order valence-electron chi connectivity index (χ3n) is 4.27. The number of hydrogen-bond donors (Lipinski definition) is 1. The van der Waals surface area contributed by atoms with Gasteiger partial charge in [-0.3, -0.25) is 4.79 Å². The summed E-state index contributed by atoms with van der Waals surface area (Å²) in [5.74, 6) is -4.04. The summed E-state index contributed by atoms with van der Waals surface area (Å²) in [6.07, 6.45) is 0.841. The summed E-state index contributed by atoms with van der Waals surface area (Å²) in [6.45, 7) is 3.77. The fourth-order valence-corrected chi connectivity index (χ4v) is 3.51. The third kappa shape index (κ3) is 3.57. The molecule has 0 spiro atoms. The van der Waals surface area contributed by atoms with E-state index in [1.54, 1.807) is 13.0 Å². The van der Waals surface area contributed by atoms with Crippen LogP contribution >= 0.6 is 0 Å². The van der Waals surface area contributed by atoms with Crippen LogP contribution in [0.15, 0.2) is 51.8 Å². The molecule has 0 fully saturated rings. The number of amides is 1. The molecule has 0 aliphatic rings. The Bertz CT molecular complexity index is 1120. The normalized spacial score (nSPS) is 11.9. The maximum Gasteiger partial charge on any atom is 0.341 e. The van der Waals surface area contributed by atoms with E-state index in [4.69, 9.17) is 4.42 Å². The molecule has 27 heavy (non-hydrogen) atoms. The molecule has 5 nitrogen and oxygen atoms in total. The first-order valence-corrected chi connectivity index (χ1v) is 9.74. The molecule has 1 N–H and O–H groups in total. The van der Waals surface area contributed by atoms with E-state index in [0.29, 0.717) is 11.1 Å². The summed E-state index contributed by atoms with van der Waals surface area (Å²) in [5, 5.41) is 3.31. The van der Waals surface area contributed by atoms with Gasteiger partial charge in [0.15, 0.2) is 5.76 Å². The minimum atomic E-state index is -4.74. The molecule has 2 aromatic carbocycles. The van der Waals surface area contributed by atoms with Gasteiger partial charge in [-0.2, -0.15) is 8.78 Å². The Kier molecular flexibility index (Phi) is 5.01. The average Bonchev–Trinajstić information content (AvgIpc) is 2.98. The minimum absolute atomic E-state index is 0.0795. The van der Waals surface area contributed by atoms with Crippen LogP contribution < -0.4 is 5.32 Å². The van der Waals surface area contributed by atoms with Crippen LogP contribution in [0.25, 0.3) is 11.0 Å². The van der Waals surface area contributed by atoms with Crippen LogP contribution in [-0.2, 0) is 16.3 Å².